The molecule has 3 nitrogen and oxygen atoms in total. The van der Waals surface area contributed by atoms with Crippen LogP contribution in [0.4, 0.5) is 0 Å². The number of ether oxygens (including phenoxy) is 2. The average Bonchev–Trinajstić information content (AvgIpc) is 2.53. The first-order chi connectivity index (χ1) is 9.75. The van der Waals surface area contributed by atoms with Gasteiger partial charge in [-0.05, 0) is 37.5 Å². The first kappa shape index (κ1) is 15.8. The van der Waals surface area contributed by atoms with Gasteiger partial charge in [-0.1, -0.05) is 38.5 Å². The molecule has 0 aromatic carbocycles. The van der Waals surface area contributed by atoms with E-state index in [1.165, 1.54) is 38.5 Å². The molecule has 0 N–H and O–H groups in total. The van der Waals surface area contributed by atoms with Crippen LogP contribution in [0.3, 0.4) is 0 Å². The summed E-state index contributed by atoms with van der Waals surface area (Å²) in [4.78, 5) is 12.7. The van der Waals surface area contributed by atoms with Gasteiger partial charge in [0.15, 0.2) is 0 Å². The third kappa shape index (κ3) is 3.03. The molecule has 20 heavy (non-hydrogen) atoms. The number of esters is 1. The first-order valence-electron chi connectivity index (χ1n) is 8.33. The van der Waals surface area contributed by atoms with Gasteiger partial charge in [0.2, 0.25) is 0 Å². The highest BCUT2D eigenvalue weighted by Gasteiger charge is 2.52. The van der Waals surface area contributed by atoms with Crippen molar-refractivity contribution in [2.75, 3.05) is 20.8 Å². The molecule has 116 valence electrons. The number of hydrogen-bond donors (Lipinski definition) is 0. The lowest BCUT2D eigenvalue weighted by molar-refractivity contribution is -0.170. The maximum atomic E-state index is 12.7. The molecule has 2 fully saturated rings. The summed E-state index contributed by atoms with van der Waals surface area (Å²) in [6.07, 6.45) is 12.3. The second kappa shape index (κ2) is 7.44. The Labute approximate surface area is 123 Å². The molecule has 0 atom stereocenters. The Morgan fingerprint density at radius 3 is 1.70 bits per heavy atom. The minimum atomic E-state index is -0.385. The quantitative estimate of drug-likeness (QED) is 0.716. The Hall–Kier alpha value is -0.570. The second-order valence-electron chi connectivity index (χ2n) is 6.63. The molecule has 2 aliphatic carbocycles. The van der Waals surface area contributed by atoms with E-state index in [9.17, 15) is 4.79 Å². The molecule has 0 spiro atoms. The van der Waals surface area contributed by atoms with E-state index in [1.807, 2.05) is 0 Å². The summed E-state index contributed by atoms with van der Waals surface area (Å²) >= 11 is 0. The molecule has 3 heteroatoms. The van der Waals surface area contributed by atoms with Crippen LogP contribution in [0.1, 0.15) is 64.2 Å². The molecule has 0 radical (unpaired) electrons. The van der Waals surface area contributed by atoms with Crippen molar-refractivity contribution < 1.29 is 14.3 Å². The second-order valence-corrected chi connectivity index (χ2v) is 6.63. The van der Waals surface area contributed by atoms with Gasteiger partial charge < -0.3 is 9.47 Å². The summed E-state index contributed by atoms with van der Waals surface area (Å²) in [6.45, 7) is 0.537. The van der Waals surface area contributed by atoms with E-state index in [0.29, 0.717) is 18.4 Å². The fourth-order valence-corrected chi connectivity index (χ4v) is 4.63. The van der Waals surface area contributed by atoms with Gasteiger partial charge in [0.05, 0.1) is 19.1 Å². The van der Waals surface area contributed by atoms with Gasteiger partial charge in [0.25, 0.3) is 0 Å². The van der Waals surface area contributed by atoms with Gasteiger partial charge in [-0.15, -0.1) is 0 Å². The maximum Gasteiger partial charge on any atom is 0.314 e. The smallest absolute Gasteiger partial charge is 0.314 e. The Morgan fingerprint density at radius 1 is 0.900 bits per heavy atom. The molecule has 0 aliphatic heterocycles. The molecule has 2 aliphatic rings. The number of methoxy groups -OCH3 is 2. The molecule has 0 aromatic rings. The minimum Gasteiger partial charge on any atom is -0.469 e. The Balaban J connectivity index is 2.28. The molecule has 0 heterocycles. The van der Waals surface area contributed by atoms with E-state index in [0.717, 1.165) is 25.7 Å². The fourth-order valence-electron chi connectivity index (χ4n) is 4.63. The van der Waals surface area contributed by atoms with Crippen molar-refractivity contribution in [2.24, 2.45) is 17.3 Å². The number of hydrogen-bond acceptors (Lipinski definition) is 3. The van der Waals surface area contributed by atoms with Crippen LogP contribution in [-0.2, 0) is 14.3 Å². The van der Waals surface area contributed by atoms with Gasteiger partial charge in [-0.25, -0.2) is 0 Å². The lowest BCUT2D eigenvalue weighted by atomic mass is 9.59. The summed E-state index contributed by atoms with van der Waals surface area (Å²) in [5.41, 5.74) is -0.385. The first-order valence-corrected chi connectivity index (χ1v) is 8.33. The van der Waals surface area contributed by atoms with E-state index in [1.54, 1.807) is 14.2 Å². The summed E-state index contributed by atoms with van der Waals surface area (Å²) in [6, 6.07) is 0. The predicted molar refractivity (Wildman–Crippen MR) is 79.5 cm³/mol. The molecule has 0 saturated heterocycles. The highest BCUT2D eigenvalue weighted by atomic mass is 16.5. The summed E-state index contributed by atoms with van der Waals surface area (Å²) in [7, 11) is 3.27. The minimum absolute atomic E-state index is 0.0156. The number of carbonyl (C=O) groups is 1. The molecule has 2 rings (SSSR count). The van der Waals surface area contributed by atoms with Crippen LogP contribution < -0.4 is 0 Å². The molecular weight excluding hydrogens is 252 g/mol. The zero-order valence-corrected chi connectivity index (χ0v) is 13.2. The fraction of sp³-hybridized carbons (Fsp3) is 0.941. The molecular formula is C17H30O3. The molecule has 0 aromatic heterocycles. The van der Waals surface area contributed by atoms with E-state index < -0.39 is 0 Å². The van der Waals surface area contributed by atoms with Crippen LogP contribution in [0, 0.1) is 17.3 Å². The third-order valence-corrected chi connectivity index (χ3v) is 5.62. The summed E-state index contributed by atoms with van der Waals surface area (Å²) in [5, 5.41) is 0. The van der Waals surface area contributed by atoms with Crippen molar-refractivity contribution in [3.8, 4) is 0 Å². The molecule has 0 unspecified atom stereocenters. The van der Waals surface area contributed by atoms with Crippen LogP contribution >= 0.6 is 0 Å². The summed E-state index contributed by atoms with van der Waals surface area (Å²) in [5.74, 6) is 0.886. The number of carbonyl (C=O) groups excluding carboxylic acids is 1. The van der Waals surface area contributed by atoms with Crippen molar-refractivity contribution in [3.63, 3.8) is 0 Å². The van der Waals surface area contributed by atoms with E-state index in [-0.39, 0.29) is 11.4 Å². The number of rotatable bonds is 5. The van der Waals surface area contributed by atoms with E-state index >= 15 is 0 Å². The topological polar surface area (TPSA) is 35.5 Å². The van der Waals surface area contributed by atoms with Gasteiger partial charge >= 0.3 is 5.97 Å². The van der Waals surface area contributed by atoms with Crippen LogP contribution in [0.2, 0.25) is 0 Å². The van der Waals surface area contributed by atoms with Crippen molar-refractivity contribution in [1.29, 1.82) is 0 Å². The Bertz CT molecular complexity index is 283. The SMILES string of the molecule is COCC(C(=O)OC)(C1CCCCC1)C1CCCCC1. The largest absolute Gasteiger partial charge is 0.469 e. The predicted octanol–water partition coefficient (Wildman–Crippen LogP) is 3.95. The van der Waals surface area contributed by atoms with Crippen molar-refractivity contribution in [2.45, 2.75) is 64.2 Å². The monoisotopic (exact) mass is 282 g/mol. The Morgan fingerprint density at radius 2 is 1.35 bits per heavy atom. The zero-order chi connectivity index (χ0) is 14.4. The highest BCUT2D eigenvalue weighted by molar-refractivity contribution is 5.78. The van der Waals surface area contributed by atoms with Crippen molar-refractivity contribution in [3.05, 3.63) is 0 Å². The molecule has 0 amide bonds. The Kier molecular flexibility index (Phi) is 5.88. The summed E-state index contributed by atoms with van der Waals surface area (Å²) < 4.78 is 10.8. The van der Waals surface area contributed by atoms with Gasteiger partial charge in [-0.3, -0.25) is 4.79 Å². The molecule has 0 bridgehead atoms. The highest BCUT2D eigenvalue weighted by Crippen LogP contribution is 2.49. The van der Waals surface area contributed by atoms with Crippen LogP contribution in [0.25, 0.3) is 0 Å². The van der Waals surface area contributed by atoms with E-state index in [4.69, 9.17) is 9.47 Å². The lowest BCUT2D eigenvalue weighted by Crippen LogP contribution is -2.50. The van der Waals surface area contributed by atoms with E-state index in [2.05, 4.69) is 0 Å². The third-order valence-electron chi connectivity index (χ3n) is 5.62. The van der Waals surface area contributed by atoms with Gasteiger partial charge in [0.1, 0.15) is 0 Å². The normalized spacial score (nSPS) is 22.7. The van der Waals surface area contributed by atoms with Crippen molar-refractivity contribution >= 4 is 5.97 Å². The van der Waals surface area contributed by atoms with Crippen LogP contribution in [0.5, 0.6) is 0 Å². The zero-order valence-electron chi connectivity index (χ0n) is 13.2. The van der Waals surface area contributed by atoms with Crippen LogP contribution in [-0.4, -0.2) is 26.8 Å². The average molecular weight is 282 g/mol. The maximum absolute atomic E-state index is 12.7. The van der Waals surface area contributed by atoms with Gasteiger partial charge in [0, 0.05) is 7.11 Å². The van der Waals surface area contributed by atoms with Crippen LogP contribution in [0.15, 0.2) is 0 Å². The standard InChI is InChI=1S/C17H30O3/c1-19-13-17(16(18)20-2,14-9-5-3-6-10-14)15-11-7-4-8-12-15/h14-15H,3-13H2,1-2H3. The van der Waals surface area contributed by atoms with Crippen molar-refractivity contribution in [1.82, 2.24) is 0 Å². The molecule has 2 saturated carbocycles. The lowest BCUT2D eigenvalue weighted by Gasteiger charge is -2.46. The van der Waals surface area contributed by atoms with Gasteiger partial charge in [-0.2, -0.15) is 0 Å².